The Kier molecular flexibility index (Phi) is 6.32. The Hall–Kier alpha value is -4.35. The van der Waals surface area contributed by atoms with Crippen molar-refractivity contribution in [1.82, 2.24) is 9.47 Å². The summed E-state index contributed by atoms with van der Waals surface area (Å²) >= 11 is 0. The molecule has 5 rings (SSSR count). The Balaban J connectivity index is 1.57. The van der Waals surface area contributed by atoms with E-state index in [0.717, 1.165) is 41.1 Å². The number of nitriles is 1. The van der Waals surface area contributed by atoms with Crippen molar-refractivity contribution in [2.45, 2.75) is 0 Å². The Bertz CT molecular complexity index is 1460. The lowest BCUT2D eigenvalue weighted by Gasteiger charge is -2.36. The second kappa shape index (κ2) is 9.72. The van der Waals surface area contributed by atoms with Gasteiger partial charge in [0.15, 0.2) is 11.6 Å². The third kappa shape index (κ3) is 4.25. The standard InChI is InChI=1S/C28H26FN5O2/c1-36-27-9-4-20(15-24(27)29)26-16-21-14-23(32-10-12-33(13-11-32)28(35)18-31)7-8-25(21)34(26)22-5-2-19(17-30)3-6-22/h2-9,14-16H,10-13,18,31H2,1H3. The molecule has 0 unspecified atom stereocenters. The van der Waals surface area contributed by atoms with Gasteiger partial charge in [-0.3, -0.25) is 4.79 Å². The first-order valence-corrected chi connectivity index (χ1v) is 11.7. The summed E-state index contributed by atoms with van der Waals surface area (Å²) in [7, 11) is 1.44. The normalized spacial score (nSPS) is 13.6. The molecule has 182 valence electrons. The van der Waals surface area contributed by atoms with Gasteiger partial charge in [0, 0.05) is 48.5 Å². The van der Waals surface area contributed by atoms with Crippen LogP contribution in [0.2, 0.25) is 0 Å². The van der Waals surface area contributed by atoms with E-state index in [1.807, 2.05) is 24.3 Å². The van der Waals surface area contributed by atoms with Crippen LogP contribution < -0.4 is 15.4 Å². The molecule has 2 heterocycles. The largest absolute Gasteiger partial charge is 0.494 e. The highest BCUT2D eigenvalue weighted by atomic mass is 19.1. The van der Waals surface area contributed by atoms with Gasteiger partial charge in [-0.2, -0.15) is 5.26 Å². The molecule has 36 heavy (non-hydrogen) atoms. The van der Waals surface area contributed by atoms with Crippen LogP contribution in [-0.2, 0) is 4.79 Å². The van der Waals surface area contributed by atoms with Gasteiger partial charge in [0.05, 0.1) is 36.5 Å². The molecule has 4 aromatic rings. The van der Waals surface area contributed by atoms with Gasteiger partial charge < -0.3 is 24.8 Å². The summed E-state index contributed by atoms with van der Waals surface area (Å²) in [5.74, 6) is -0.271. The van der Waals surface area contributed by atoms with Crippen molar-refractivity contribution < 1.29 is 13.9 Å². The molecule has 0 saturated carbocycles. The van der Waals surface area contributed by atoms with Crippen molar-refractivity contribution in [1.29, 1.82) is 5.26 Å². The molecular weight excluding hydrogens is 457 g/mol. The first-order valence-electron chi connectivity index (χ1n) is 11.7. The molecule has 1 saturated heterocycles. The molecule has 3 aromatic carbocycles. The number of anilines is 1. The minimum atomic E-state index is -0.433. The number of benzene rings is 3. The number of ether oxygens (including phenoxy) is 1. The number of fused-ring (bicyclic) bond motifs is 1. The van der Waals surface area contributed by atoms with Crippen LogP contribution in [0.1, 0.15) is 5.56 Å². The summed E-state index contributed by atoms with van der Waals surface area (Å²) in [5, 5.41) is 10.2. The Labute approximate surface area is 208 Å². The van der Waals surface area contributed by atoms with Crippen LogP contribution in [0.15, 0.2) is 66.7 Å². The van der Waals surface area contributed by atoms with E-state index in [0.29, 0.717) is 24.2 Å². The highest BCUT2D eigenvalue weighted by Gasteiger charge is 2.21. The third-order valence-electron chi connectivity index (χ3n) is 6.66. The smallest absolute Gasteiger partial charge is 0.236 e. The number of halogens is 1. The van der Waals surface area contributed by atoms with Gasteiger partial charge in [-0.15, -0.1) is 0 Å². The van der Waals surface area contributed by atoms with Crippen molar-refractivity contribution in [2.75, 3.05) is 44.7 Å². The van der Waals surface area contributed by atoms with E-state index < -0.39 is 5.82 Å². The third-order valence-corrected chi connectivity index (χ3v) is 6.66. The van der Waals surface area contributed by atoms with Crippen molar-refractivity contribution >= 4 is 22.5 Å². The number of hydrogen-bond donors (Lipinski definition) is 1. The van der Waals surface area contributed by atoms with Crippen LogP contribution in [0.25, 0.3) is 27.8 Å². The molecule has 0 bridgehead atoms. The van der Waals surface area contributed by atoms with Crippen LogP contribution in [-0.4, -0.2) is 55.2 Å². The number of rotatable bonds is 5. The van der Waals surface area contributed by atoms with Crippen LogP contribution in [0, 0.1) is 17.1 Å². The summed E-state index contributed by atoms with van der Waals surface area (Å²) < 4.78 is 21.8. The molecule has 0 spiro atoms. The van der Waals surface area contributed by atoms with Crippen LogP contribution in [0.5, 0.6) is 5.75 Å². The Morgan fingerprint density at radius 1 is 1.00 bits per heavy atom. The fourth-order valence-electron chi connectivity index (χ4n) is 4.74. The Morgan fingerprint density at radius 2 is 1.72 bits per heavy atom. The summed E-state index contributed by atoms with van der Waals surface area (Å²) in [4.78, 5) is 16.0. The minimum absolute atomic E-state index is 0.0269. The monoisotopic (exact) mass is 483 g/mol. The maximum absolute atomic E-state index is 14.6. The number of amides is 1. The number of hydrogen-bond acceptors (Lipinski definition) is 5. The summed E-state index contributed by atoms with van der Waals surface area (Å²) in [6.07, 6.45) is 0. The number of carbonyl (C=O) groups is 1. The molecule has 7 nitrogen and oxygen atoms in total. The minimum Gasteiger partial charge on any atom is -0.494 e. The van der Waals surface area contributed by atoms with Gasteiger partial charge in [-0.25, -0.2) is 4.39 Å². The van der Waals surface area contributed by atoms with Crippen LogP contribution in [0.4, 0.5) is 10.1 Å². The maximum Gasteiger partial charge on any atom is 0.236 e. The molecule has 2 N–H and O–H groups in total. The SMILES string of the molecule is COc1ccc(-c2cc3cc(N4CCN(C(=O)CN)CC4)ccc3n2-c2ccc(C#N)cc2)cc1F. The second-order valence-corrected chi connectivity index (χ2v) is 8.69. The summed E-state index contributed by atoms with van der Waals surface area (Å²) in [6, 6.07) is 22.7. The number of aromatic nitrogens is 1. The first-order chi connectivity index (χ1) is 17.5. The lowest BCUT2D eigenvalue weighted by Crippen LogP contribution is -2.50. The van der Waals surface area contributed by atoms with E-state index >= 15 is 0 Å². The highest BCUT2D eigenvalue weighted by molar-refractivity contribution is 5.91. The van der Waals surface area contributed by atoms with Gasteiger partial charge in [0.25, 0.3) is 0 Å². The number of carbonyl (C=O) groups excluding carboxylic acids is 1. The molecule has 0 aliphatic carbocycles. The fraction of sp³-hybridized carbons (Fsp3) is 0.214. The lowest BCUT2D eigenvalue weighted by atomic mass is 10.1. The highest BCUT2D eigenvalue weighted by Crippen LogP contribution is 2.35. The van der Waals surface area contributed by atoms with Crippen molar-refractivity contribution in [3.8, 4) is 28.8 Å². The molecule has 0 radical (unpaired) electrons. The molecule has 1 aliphatic rings. The van der Waals surface area contributed by atoms with Gasteiger partial charge in [-0.05, 0) is 66.7 Å². The van der Waals surface area contributed by atoms with Crippen LogP contribution >= 0.6 is 0 Å². The zero-order valence-corrected chi connectivity index (χ0v) is 19.9. The van der Waals surface area contributed by atoms with Gasteiger partial charge >= 0.3 is 0 Å². The van der Waals surface area contributed by atoms with Crippen molar-refractivity contribution in [2.24, 2.45) is 5.73 Å². The van der Waals surface area contributed by atoms with Gasteiger partial charge in [0.2, 0.25) is 5.91 Å². The van der Waals surface area contributed by atoms with Gasteiger partial charge in [-0.1, -0.05) is 0 Å². The second-order valence-electron chi connectivity index (χ2n) is 8.69. The molecule has 0 atom stereocenters. The number of nitrogens with two attached hydrogens (primary N) is 1. The number of piperazine rings is 1. The van der Waals surface area contributed by atoms with E-state index in [-0.39, 0.29) is 18.2 Å². The van der Waals surface area contributed by atoms with E-state index in [9.17, 15) is 14.4 Å². The molecule has 1 aliphatic heterocycles. The maximum atomic E-state index is 14.6. The predicted molar refractivity (Wildman–Crippen MR) is 138 cm³/mol. The number of methoxy groups -OCH3 is 1. The van der Waals surface area contributed by atoms with E-state index in [4.69, 9.17) is 10.5 Å². The molecule has 1 aromatic heterocycles. The summed E-state index contributed by atoms with van der Waals surface area (Å²) in [5.41, 5.74) is 10.5. The van der Waals surface area contributed by atoms with Crippen molar-refractivity contribution in [3.05, 3.63) is 78.1 Å². The number of nitrogens with zero attached hydrogens (tertiary/aromatic N) is 4. The summed E-state index contributed by atoms with van der Waals surface area (Å²) in [6.45, 7) is 2.76. The van der Waals surface area contributed by atoms with E-state index in [1.54, 1.807) is 23.1 Å². The van der Waals surface area contributed by atoms with E-state index in [2.05, 4.69) is 33.7 Å². The van der Waals surface area contributed by atoms with Crippen LogP contribution in [0.3, 0.4) is 0 Å². The predicted octanol–water partition coefficient (Wildman–Crippen LogP) is 3.92. The molecule has 1 amide bonds. The average molecular weight is 484 g/mol. The lowest BCUT2D eigenvalue weighted by molar-refractivity contribution is -0.129. The molecular formula is C28H26FN5O2. The zero-order chi connectivity index (χ0) is 25.2. The quantitative estimate of drug-likeness (QED) is 0.465. The van der Waals surface area contributed by atoms with Gasteiger partial charge in [0.1, 0.15) is 0 Å². The topological polar surface area (TPSA) is 87.5 Å². The fourth-order valence-corrected chi connectivity index (χ4v) is 4.74. The Morgan fingerprint density at radius 3 is 2.36 bits per heavy atom. The van der Waals surface area contributed by atoms with E-state index in [1.165, 1.54) is 13.2 Å². The molecule has 8 heteroatoms. The average Bonchev–Trinajstić information content (AvgIpc) is 3.31. The first kappa shape index (κ1) is 23.4. The van der Waals surface area contributed by atoms with Crippen molar-refractivity contribution in [3.63, 3.8) is 0 Å². The zero-order valence-electron chi connectivity index (χ0n) is 19.9. The molecule has 1 fully saturated rings.